The largest absolute Gasteiger partial charge is 0.491 e. The highest BCUT2D eigenvalue weighted by molar-refractivity contribution is 5.67. The molecule has 1 N–H and O–H groups in total. The lowest BCUT2D eigenvalue weighted by atomic mass is 10.0. The summed E-state index contributed by atoms with van der Waals surface area (Å²) in [4.78, 5) is 29.4. The van der Waals surface area contributed by atoms with Gasteiger partial charge < -0.3 is 4.74 Å². The van der Waals surface area contributed by atoms with Gasteiger partial charge in [0.2, 0.25) is 5.78 Å². The van der Waals surface area contributed by atoms with Crippen molar-refractivity contribution in [2.24, 2.45) is 0 Å². The van der Waals surface area contributed by atoms with Gasteiger partial charge in [0, 0.05) is 12.3 Å². The summed E-state index contributed by atoms with van der Waals surface area (Å²) >= 11 is 0. The van der Waals surface area contributed by atoms with Crippen molar-refractivity contribution in [2.45, 2.75) is 6.18 Å². The van der Waals surface area contributed by atoms with E-state index in [1.54, 1.807) is 0 Å². The lowest BCUT2D eigenvalue weighted by Crippen LogP contribution is -2.26. The molecule has 3 aromatic rings. The van der Waals surface area contributed by atoms with Gasteiger partial charge in [-0.1, -0.05) is 12.1 Å². The number of halogens is 4. The van der Waals surface area contributed by atoms with Crippen molar-refractivity contribution in [3.05, 3.63) is 62.9 Å². The van der Waals surface area contributed by atoms with Crippen molar-refractivity contribution in [1.82, 2.24) is 14.4 Å². The van der Waals surface area contributed by atoms with Crippen LogP contribution in [-0.2, 0) is 6.18 Å². The second kappa shape index (κ2) is 6.62. The van der Waals surface area contributed by atoms with Crippen LogP contribution in [0.15, 0.2) is 46.1 Å². The van der Waals surface area contributed by atoms with E-state index < -0.39 is 41.0 Å². The first-order valence-electron chi connectivity index (χ1n) is 7.33. The van der Waals surface area contributed by atoms with Crippen molar-refractivity contribution in [3.8, 4) is 16.9 Å². The summed E-state index contributed by atoms with van der Waals surface area (Å²) < 4.78 is 58.2. The average molecular weight is 369 g/mol. The maximum Gasteiger partial charge on any atom is 0.434 e. The van der Waals surface area contributed by atoms with E-state index in [9.17, 15) is 27.2 Å². The third kappa shape index (κ3) is 3.30. The zero-order chi connectivity index (χ0) is 18.9. The molecule has 136 valence electrons. The molecule has 26 heavy (non-hydrogen) atoms. The molecule has 0 spiro atoms. The fourth-order valence-corrected chi connectivity index (χ4v) is 2.39. The Balaban J connectivity index is 2.23. The molecule has 3 rings (SSSR count). The Bertz CT molecular complexity index is 1060. The third-order valence-electron chi connectivity index (χ3n) is 3.48. The molecule has 0 saturated heterocycles. The minimum absolute atomic E-state index is 0.0389. The lowest BCUT2D eigenvalue weighted by Gasteiger charge is -2.13. The van der Waals surface area contributed by atoms with Gasteiger partial charge in [-0.25, -0.2) is 9.37 Å². The monoisotopic (exact) mass is 369 g/mol. The number of alkyl halides is 4. The number of rotatable bonds is 4. The van der Waals surface area contributed by atoms with E-state index in [0.717, 1.165) is 16.7 Å². The van der Waals surface area contributed by atoms with Gasteiger partial charge in [-0.3, -0.25) is 19.0 Å². The first-order valence-corrected chi connectivity index (χ1v) is 7.33. The normalized spacial score (nSPS) is 11.7. The Morgan fingerprint density at radius 2 is 1.81 bits per heavy atom. The molecular formula is C16H11F4N3O3. The number of nitrogens with zero attached hydrogens (tertiary/aromatic N) is 2. The van der Waals surface area contributed by atoms with Crippen LogP contribution in [0.25, 0.3) is 16.9 Å². The van der Waals surface area contributed by atoms with Crippen molar-refractivity contribution < 1.29 is 22.3 Å². The molecule has 0 aliphatic rings. The average Bonchev–Trinajstić information content (AvgIpc) is 2.59. The number of H-pyrrole nitrogens is 1. The Hall–Kier alpha value is -3.17. The summed E-state index contributed by atoms with van der Waals surface area (Å²) in [7, 11) is 0. The number of fused-ring (bicyclic) bond motifs is 1. The van der Waals surface area contributed by atoms with Crippen LogP contribution >= 0.6 is 0 Å². The van der Waals surface area contributed by atoms with E-state index in [-0.39, 0.29) is 17.9 Å². The summed E-state index contributed by atoms with van der Waals surface area (Å²) in [6, 6.07) is 6.15. The van der Waals surface area contributed by atoms with Gasteiger partial charge in [0.25, 0.3) is 11.1 Å². The van der Waals surface area contributed by atoms with E-state index in [1.165, 1.54) is 24.3 Å². The van der Waals surface area contributed by atoms with E-state index in [1.807, 2.05) is 0 Å². The van der Waals surface area contributed by atoms with Gasteiger partial charge in [-0.15, -0.1) is 0 Å². The van der Waals surface area contributed by atoms with Crippen LogP contribution in [0.5, 0.6) is 5.75 Å². The van der Waals surface area contributed by atoms with Gasteiger partial charge in [-0.05, 0) is 17.7 Å². The molecule has 0 bridgehead atoms. The topological polar surface area (TPSA) is 76.5 Å². The van der Waals surface area contributed by atoms with Gasteiger partial charge in [-0.2, -0.15) is 13.2 Å². The molecule has 0 aliphatic heterocycles. The first-order chi connectivity index (χ1) is 12.3. The molecule has 0 radical (unpaired) electrons. The standard InChI is InChI=1S/C16H11F4N3O3/c17-6-8-26-10-3-1-9(2-4-10)12-13(16(18,19)20)22-15-21-11(24)5-7-23(15)14(12)25/h1-5,7H,6,8H2,(H,21,22,24). The number of benzene rings is 1. The number of aromatic nitrogens is 3. The number of nitrogens with one attached hydrogen (secondary N) is 1. The molecule has 0 aliphatic carbocycles. The van der Waals surface area contributed by atoms with E-state index in [0.29, 0.717) is 0 Å². The quantitative estimate of drug-likeness (QED) is 0.717. The maximum absolute atomic E-state index is 13.4. The van der Waals surface area contributed by atoms with Gasteiger partial charge in [0.1, 0.15) is 19.0 Å². The van der Waals surface area contributed by atoms with Crippen LogP contribution in [0.2, 0.25) is 0 Å². The van der Waals surface area contributed by atoms with Crippen LogP contribution < -0.4 is 15.9 Å². The van der Waals surface area contributed by atoms with E-state index >= 15 is 0 Å². The molecule has 0 unspecified atom stereocenters. The molecule has 2 aromatic heterocycles. The summed E-state index contributed by atoms with van der Waals surface area (Å²) in [5, 5.41) is 0. The number of ether oxygens (including phenoxy) is 1. The van der Waals surface area contributed by atoms with Crippen molar-refractivity contribution in [2.75, 3.05) is 13.3 Å². The van der Waals surface area contributed by atoms with E-state index in [2.05, 4.69) is 9.97 Å². The molecular weight excluding hydrogens is 358 g/mol. The molecule has 10 heteroatoms. The Kier molecular flexibility index (Phi) is 4.49. The third-order valence-corrected chi connectivity index (χ3v) is 3.48. The Labute approximate surface area is 142 Å². The number of aromatic amines is 1. The summed E-state index contributed by atoms with van der Waals surface area (Å²) in [6.45, 7) is -0.908. The Morgan fingerprint density at radius 3 is 2.42 bits per heavy atom. The van der Waals surface area contributed by atoms with Crippen molar-refractivity contribution in [1.29, 1.82) is 0 Å². The predicted molar refractivity (Wildman–Crippen MR) is 84.0 cm³/mol. The minimum Gasteiger partial charge on any atom is -0.491 e. The van der Waals surface area contributed by atoms with Crippen LogP contribution in [0, 0.1) is 0 Å². The highest BCUT2D eigenvalue weighted by atomic mass is 19.4. The van der Waals surface area contributed by atoms with Crippen molar-refractivity contribution >= 4 is 5.78 Å². The molecule has 0 fully saturated rings. The fourth-order valence-electron chi connectivity index (χ4n) is 2.39. The zero-order valence-electron chi connectivity index (χ0n) is 13.0. The van der Waals surface area contributed by atoms with Gasteiger partial charge >= 0.3 is 6.18 Å². The second-order valence-electron chi connectivity index (χ2n) is 5.20. The first kappa shape index (κ1) is 17.6. The highest BCUT2D eigenvalue weighted by Gasteiger charge is 2.38. The molecule has 0 amide bonds. The highest BCUT2D eigenvalue weighted by Crippen LogP contribution is 2.34. The minimum atomic E-state index is -4.92. The maximum atomic E-state index is 13.4. The lowest BCUT2D eigenvalue weighted by molar-refractivity contribution is -0.140. The molecule has 2 heterocycles. The summed E-state index contributed by atoms with van der Waals surface area (Å²) in [5.41, 5.74) is -3.80. The van der Waals surface area contributed by atoms with Crippen LogP contribution in [0.1, 0.15) is 5.69 Å². The number of hydrogen-bond acceptors (Lipinski definition) is 4. The Morgan fingerprint density at radius 1 is 1.12 bits per heavy atom. The zero-order valence-corrected chi connectivity index (χ0v) is 13.0. The molecule has 6 nitrogen and oxygen atoms in total. The summed E-state index contributed by atoms with van der Waals surface area (Å²) in [6.07, 6.45) is -3.87. The van der Waals surface area contributed by atoms with Crippen molar-refractivity contribution in [3.63, 3.8) is 0 Å². The fraction of sp³-hybridized carbons (Fsp3) is 0.188. The van der Waals surface area contributed by atoms with Crippen LogP contribution in [0.4, 0.5) is 17.6 Å². The molecule has 0 atom stereocenters. The van der Waals surface area contributed by atoms with E-state index in [4.69, 9.17) is 4.74 Å². The second-order valence-corrected chi connectivity index (χ2v) is 5.20. The van der Waals surface area contributed by atoms with Crippen LogP contribution in [0.3, 0.4) is 0 Å². The smallest absolute Gasteiger partial charge is 0.434 e. The number of hydrogen-bond donors (Lipinski definition) is 1. The van der Waals surface area contributed by atoms with Crippen LogP contribution in [-0.4, -0.2) is 27.7 Å². The SMILES string of the molecule is O=c1ccn2c(=O)c(-c3ccc(OCCF)cc3)c(C(F)(F)F)nc2[nH]1. The molecule has 0 saturated carbocycles. The molecule has 1 aromatic carbocycles. The predicted octanol–water partition coefficient (Wildman–Crippen LogP) is 2.42. The summed E-state index contributed by atoms with van der Waals surface area (Å²) in [5.74, 6) is -0.264. The van der Waals surface area contributed by atoms with Gasteiger partial charge in [0.05, 0.1) is 5.56 Å². The van der Waals surface area contributed by atoms with Gasteiger partial charge in [0.15, 0.2) is 5.69 Å².